The van der Waals surface area contributed by atoms with E-state index < -0.39 is 0 Å². The fourth-order valence-corrected chi connectivity index (χ4v) is 1.93. The fraction of sp³-hybridized carbons (Fsp3) is 0.550. The van der Waals surface area contributed by atoms with Crippen LogP contribution < -0.4 is 5.32 Å². The minimum atomic E-state index is 0.00763. The highest BCUT2D eigenvalue weighted by atomic mass is 16.3. The van der Waals surface area contributed by atoms with Gasteiger partial charge in [0.15, 0.2) is 0 Å². The molecule has 0 radical (unpaired) electrons. The van der Waals surface area contributed by atoms with E-state index in [0.29, 0.717) is 13.0 Å². The van der Waals surface area contributed by atoms with Gasteiger partial charge in [0.2, 0.25) is 5.91 Å². The second kappa shape index (κ2) is 18.4. The molecule has 1 amide bonds. The molecule has 0 aliphatic carbocycles. The summed E-state index contributed by atoms with van der Waals surface area (Å²) in [6.45, 7) is 2.51. The molecule has 0 heterocycles. The summed E-state index contributed by atoms with van der Waals surface area (Å²) in [5.41, 5.74) is 0. The third kappa shape index (κ3) is 18.3. The zero-order chi connectivity index (χ0) is 17.0. The smallest absolute Gasteiger partial charge is 0.220 e. The van der Waals surface area contributed by atoms with Crippen LogP contribution in [-0.4, -0.2) is 24.2 Å². The number of carbonyl (C=O) groups is 1. The summed E-state index contributed by atoms with van der Waals surface area (Å²) in [6.07, 6.45) is 25.1. The van der Waals surface area contributed by atoms with E-state index in [4.69, 9.17) is 5.11 Å². The van der Waals surface area contributed by atoms with Crippen LogP contribution >= 0.6 is 0 Å². The Balaban J connectivity index is 3.41. The molecule has 0 spiro atoms. The first kappa shape index (κ1) is 21.4. The first-order valence-corrected chi connectivity index (χ1v) is 8.78. The monoisotopic (exact) mass is 319 g/mol. The number of rotatable bonds is 14. The van der Waals surface area contributed by atoms with Gasteiger partial charge in [-0.2, -0.15) is 0 Å². The summed E-state index contributed by atoms with van der Waals surface area (Å²) in [6, 6.07) is 0. The molecule has 2 N–H and O–H groups in total. The van der Waals surface area contributed by atoms with Crippen LogP contribution in [0.4, 0.5) is 0 Å². The normalized spacial score (nSPS) is 12.3. The predicted molar refractivity (Wildman–Crippen MR) is 99.3 cm³/mol. The van der Waals surface area contributed by atoms with Crippen LogP contribution in [-0.2, 0) is 4.79 Å². The average Bonchev–Trinajstić information content (AvgIpc) is 2.56. The Morgan fingerprint density at radius 1 is 0.870 bits per heavy atom. The lowest BCUT2D eigenvalue weighted by atomic mass is 10.1. The first-order valence-electron chi connectivity index (χ1n) is 8.78. The van der Waals surface area contributed by atoms with Crippen LogP contribution in [0.2, 0.25) is 0 Å². The molecule has 130 valence electrons. The number of hydrogen-bond acceptors (Lipinski definition) is 2. The van der Waals surface area contributed by atoms with Gasteiger partial charge < -0.3 is 10.4 Å². The fourth-order valence-electron chi connectivity index (χ4n) is 1.93. The number of unbranched alkanes of at least 4 members (excludes halogenated alkanes) is 2. The van der Waals surface area contributed by atoms with Crippen LogP contribution in [0, 0.1) is 0 Å². The van der Waals surface area contributed by atoms with Gasteiger partial charge in [-0.15, -0.1) is 0 Å². The van der Waals surface area contributed by atoms with Crippen molar-refractivity contribution in [3.05, 3.63) is 48.6 Å². The van der Waals surface area contributed by atoms with Gasteiger partial charge in [-0.3, -0.25) is 4.79 Å². The van der Waals surface area contributed by atoms with Crippen LogP contribution in [0.25, 0.3) is 0 Å². The molecule has 0 saturated heterocycles. The average molecular weight is 319 g/mol. The van der Waals surface area contributed by atoms with E-state index >= 15 is 0 Å². The molecule has 0 saturated carbocycles. The lowest BCUT2D eigenvalue weighted by molar-refractivity contribution is -0.121. The van der Waals surface area contributed by atoms with E-state index in [1.54, 1.807) is 0 Å². The summed E-state index contributed by atoms with van der Waals surface area (Å²) >= 11 is 0. The number of carbonyl (C=O) groups excluding carboxylic acids is 1. The zero-order valence-electron chi connectivity index (χ0n) is 14.5. The maximum absolute atomic E-state index is 11.3. The van der Waals surface area contributed by atoms with Crippen molar-refractivity contribution in [1.29, 1.82) is 0 Å². The molecule has 3 heteroatoms. The minimum absolute atomic E-state index is 0.00763. The number of aliphatic hydroxyl groups is 1. The van der Waals surface area contributed by atoms with Gasteiger partial charge in [-0.25, -0.2) is 0 Å². The minimum Gasteiger partial charge on any atom is -0.395 e. The van der Waals surface area contributed by atoms with Crippen molar-refractivity contribution in [2.45, 2.75) is 58.3 Å². The quantitative estimate of drug-likeness (QED) is 0.367. The Morgan fingerprint density at radius 2 is 1.43 bits per heavy atom. The highest BCUT2D eigenvalue weighted by Crippen LogP contribution is 2.02. The molecular formula is C20H33NO2. The summed E-state index contributed by atoms with van der Waals surface area (Å²) < 4.78 is 0. The van der Waals surface area contributed by atoms with Crippen molar-refractivity contribution in [2.75, 3.05) is 13.2 Å². The Morgan fingerprint density at radius 3 is 2.00 bits per heavy atom. The molecule has 0 fully saturated rings. The molecule has 0 aromatic carbocycles. The summed E-state index contributed by atoms with van der Waals surface area (Å²) in [4.78, 5) is 11.3. The lowest BCUT2D eigenvalue weighted by Crippen LogP contribution is -2.25. The molecule has 0 rings (SSSR count). The van der Waals surface area contributed by atoms with Crippen molar-refractivity contribution in [3.63, 3.8) is 0 Å². The summed E-state index contributed by atoms with van der Waals surface area (Å²) in [7, 11) is 0. The van der Waals surface area contributed by atoms with Crippen LogP contribution in [0.1, 0.15) is 58.3 Å². The third-order valence-electron chi connectivity index (χ3n) is 3.18. The molecule has 0 aromatic heterocycles. The molecule has 0 atom stereocenters. The Bertz CT molecular complexity index is 381. The first-order chi connectivity index (χ1) is 11.3. The second-order valence-corrected chi connectivity index (χ2v) is 5.32. The molecular weight excluding hydrogens is 286 g/mol. The number of aliphatic hydroxyl groups excluding tert-OH is 1. The molecule has 0 aromatic rings. The highest BCUT2D eigenvalue weighted by molar-refractivity contribution is 5.75. The van der Waals surface area contributed by atoms with Crippen molar-refractivity contribution in [1.82, 2.24) is 5.32 Å². The molecule has 23 heavy (non-hydrogen) atoms. The molecule has 0 aliphatic heterocycles. The molecule has 0 bridgehead atoms. The number of amides is 1. The standard InChI is InChI=1S/C20H33NO2/c1-2-3-4-5-6-7-8-9-10-11-12-13-14-15-16-17-20(23)21-18-19-22/h3-4,6-7,9-10,12-13,22H,2,5,8,11,14-19H2,1H3,(H,21,23)/b4-3+,7-6-,10-9-,13-12-. The predicted octanol–water partition coefficient (Wildman–Crippen LogP) is 4.46. The maximum atomic E-state index is 11.3. The Hall–Kier alpha value is -1.61. The van der Waals surface area contributed by atoms with Gasteiger partial charge in [-0.1, -0.05) is 55.5 Å². The van der Waals surface area contributed by atoms with E-state index in [0.717, 1.165) is 44.9 Å². The van der Waals surface area contributed by atoms with Gasteiger partial charge in [0, 0.05) is 13.0 Å². The number of nitrogens with one attached hydrogen (secondary N) is 1. The summed E-state index contributed by atoms with van der Waals surface area (Å²) in [5, 5.41) is 11.2. The van der Waals surface area contributed by atoms with E-state index in [9.17, 15) is 4.79 Å². The zero-order valence-corrected chi connectivity index (χ0v) is 14.5. The van der Waals surface area contributed by atoms with Crippen molar-refractivity contribution in [3.8, 4) is 0 Å². The SMILES string of the molecule is CC/C=C/C/C=C\C/C=C\C/C=C\CCCCC(=O)NCCO. The third-order valence-corrected chi connectivity index (χ3v) is 3.18. The molecule has 0 unspecified atom stereocenters. The van der Waals surface area contributed by atoms with E-state index in [1.165, 1.54) is 0 Å². The van der Waals surface area contributed by atoms with Crippen molar-refractivity contribution < 1.29 is 9.90 Å². The molecule has 3 nitrogen and oxygen atoms in total. The van der Waals surface area contributed by atoms with Crippen LogP contribution in [0.5, 0.6) is 0 Å². The van der Waals surface area contributed by atoms with Gasteiger partial charge in [0.1, 0.15) is 0 Å². The Kier molecular flexibility index (Phi) is 17.1. The Labute approximate surface area is 141 Å². The lowest BCUT2D eigenvalue weighted by Gasteiger charge is -2.01. The van der Waals surface area contributed by atoms with Crippen molar-refractivity contribution >= 4 is 5.91 Å². The molecule has 0 aliphatic rings. The topological polar surface area (TPSA) is 49.3 Å². The van der Waals surface area contributed by atoms with Gasteiger partial charge in [-0.05, 0) is 44.9 Å². The maximum Gasteiger partial charge on any atom is 0.220 e. The largest absolute Gasteiger partial charge is 0.395 e. The van der Waals surface area contributed by atoms with Crippen LogP contribution in [0.15, 0.2) is 48.6 Å². The van der Waals surface area contributed by atoms with Gasteiger partial charge in [0.25, 0.3) is 0 Å². The van der Waals surface area contributed by atoms with Gasteiger partial charge >= 0.3 is 0 Å². The van der Waals surface area contributed by atoms with Crippen molar-refractivity contribution in [2.24, 2.45) is 0 Å². The highest BCUT2D eigenvalue weighted by Gasteiger charge is 1.98. The van der Waals surface area contributed by atoms with E-state index in [1.807, 2.05) is 0 Å². The number of allylic oxidation sites excluding steroid dienone is 8. The van der Waals surface area contributed by atoms with E-state index in [-0.39, 0.29) is 12.5 Å². The van der Waals surface area contributed by atoms with E-state index in [2.05, 4.69) is 60.8 Å². The van der Waals surface area contributed by atoms with Crippen LogP contribution in [0.3, 0.4) is 0 Å². The number of hydrogen-bond donors (Lipinski definition) is 2. The van der Waals surface area contributed by atoms with Gasteiger partial charge in [0.05, 0.1) is 6.61 Å². The summed E-state index contributed by atoms with van der Waals surface area (Å²) in [5.74, 6) is 0.0317. The second-order valence-electron chi connectivity index (χ2n) is 5.32.